The number of carbonyl (C=O) groups excluding carboxylic acids is 1. The highest BCUT2D eigenvalue weighted by Crippen LogP contribution is 2.25. The van der Waals surface area contributed by atoms with Gasteiger partial charge in [0.1, 0.15) is 0 Å². The van der Waals surface area contributed by atoms with Gasteiger partial charge in [0.2, 0.25) is 10.0 Å². The van der Waals surface area contributed by atoms with Gasteiger partial charge >= 0.3 is 0 Å². The van der Waals surface area contributed by atoms with Gasteiger partial charge in [0.25, 0.3) is 5.91 Å². The molecule has 1 aromatic heterocycles. The van der Waals surface area contributed by atoms with E-state index in [-0.39, 0.29) is 23.0 Å². The second-order valence-electron chi connectivity index (χ2n) is 6.60. The molecule has 1 aliphatic rings. The van der Waals surface area contributed by atoms with E-state index in [0.29, 0.717) is 34.6 Å². The Labute approximate surface area is 167 Å². The monoisotopic (exact) mass is 419 g/mol. The third-order valence-electron chi connectivity index (χ3n) is 4.76. The van der Waals surface area contributed by atoms with Gasteiger partial charge < -0.3 is 9.42 Å². The van der Waals surface area contributed by atoms with Crippen molar-refractivity contribution in [2.75, 3.05) is 13.1 Å². The van der Waals surface area contributed by atoms with Crippen molar-refractivity contribution in [2.45, 2.75) is 24.3 Å². The van der Waals surface area contributed by atoms with Crippen LogP contribution in [0.1, 0.15) is 28.9 Å². The summed E-state index contributed by atoms with van der Waals surface area (Å²) in [5.74, 6) is -0.241. The summed E-state index contributed by atoms with van der Waals surface area (Å²) in [6.45, 7) is 1.40. The summed E-state index contributed by atoms with van der Waals surface area (Å²) in [6.07, 6.45) is 1.90. The molecule has 4 rings (SSSR count). The van der Waals surface area contributed by atoms with Crippen molar-refractivity contribution in [3.8, 4) is 0 Å². The van der Waals surface area contributed by atoms with Crippen LogP contribution in [0, 0.1) is 0 Å². The number of nitrogens with zero attached hydrogens (tertiary/aromatic N) is 2. The second-order valence-corrected chi connectivity index (χ2v) is 8.78. The van der Waals surface area contributed by atoms with Crippen molar-refractivity contribution in [2.24, 2.45) is 0 Å². The number of likely N-dealkylation sites (tertiary alicyclic amines) is 1. The quantitative estimate of drug-likeness (QED) is 0.685. The van der Waals surface area contributed by atoms with Crippen molar-refractivity contribution in [3.05, 3.63) is 58.7 Å². The SMILES string of the molecule is O=C(c1noc2ccc(S(=O)(=O)NCc3ccccc3Cl)cc12)N1CCCC1. The summed E-state index contributed by atoms with van der Waals surface area (Å²) >= 11 is 6.08. The minimum Gasteiger partial charge on any atom is -0.355 e. The van der Waals surface area contributed by atoms with Gasteiger partial charge in [-0.25, -0.2) is 13.1 Å². The molecule has 0 spiro atoms. The van der Waals surface area contributed by atoms with E-state index in [4.69, 9.17) is 16.1 Å². The summed E-state index contributed by atoms with van der Waals surface area (Å²) in [4.78, 5) is 14.4. The number of benzene rings is 2. The van der Waals surface area contributed by atoms with Gasteiger partial charge in [-0.05, 0) is 42.7 Å². The molecular formula is C19H18ClN3O4S. The van der Waals surface area contributed by atoms with Gasteiger partial charge in [-0.3, -0.25) is 4.79 Å². The molecule has 2 heterocycles. The average Bonchev–Trinajstić information content (AvgIpc) is 3.36. The van der Waals surface area contributed by atoms with Gasteiger partial charge in [0.05, 0.1) is 10.3 Å². The van der Waals surface area contributed by atoms with Gasteiger partial charge in [-0.15, -0.1) is 0 Å². The molecular weight excluding hydrogens is 402 g/mol. The summed E-state index contributed by atoms with van der Waals surface area (Å²) in [6, 6.07) is 11.4. The lowest BCUT2D eigenvalue weighted by atomic mass is 10.2. The standard InChI is InChI=1S/C19H18ClN3O4S/c20-16-6-2-1-5-13(16)12-21-28(25,26)14-7-8-17-15(11-14)18(22-27-17)19(24)23-9-3-4-10-23/h1-2,5-8,11,21H,3-4,9-10,12H2. The molecule has 0 bridgehead atoms. The van der Waals surface area contributed by atoms with Crippen molar-refractivity contribution < 1.29 is 17.7 Å². The number of rotatable bonds is 5. The van der Waals surface area contributed by atoms with Crippen LogP contribution in [0.5, 0.6) is 0 Å². The molecule has 146 valence electrons. The molecule has 0 aliphatic carbocycles. The average molecular weight is 420 g/mol. The number of amides is 1. The summed E-state index contributed by atoms with van der Waals surface area (Å²) in [5, 5.41) is 4.74. The molecule has 0 unspecified atom stereocenters. The molecule has 0 atom stereocenters. The summed E-state index contributed by atoms with van der Waals surface area (Å²) < 4.78 is 33.2. The predicted molar refractivity (Wildman–Crippen MR) is 105 cm³/mol. The van der Waals surface area contributed by atoms with Gasteiger partial charge in [0.15, 0.2) is 11.3 Å². The van der Waals surface area contributed by atoms with Gasteiger partial charge in [-0.2, -0.15) is 0 Å². The summed E-state index contributed by atoms with van der Waals surface area (Å²) in [7, 11) is -3.81. The highest BCUT2D eigenvalue weighted by atomic mass is 35.5. The molecule has 1 amide bonds. The molecule has 28 heavy (non-hydrogen) atoms. The van der Waals surface area contributed by atoms with E-state index < -0.39 is 10.0 Å². The fourth-order valence-corrected chi connectivity index (χ4v) is 4.44. The lowest BCUT2D eigenvalue weighted by Gasteiger charge is -2.13. The van der Waals surface area contributed by atoms with Crippen LogP contribution < -0.4 is 4.72 Å². The number of sulfonamides is 1. The molecule has 2 aromatic carbocycles. The Kier molecular flexibility index (Phi) is 5.09. The first-order valence-electron chi connectivity index (χ1n) is 8.87. The lowest BCUT2D eigenvalue weighted by molar-refractivity contribution is 0.0784. The highest BCUT2D eigenvalue weighted by Gasteiger charge is 2.26. The van der Waals surface area contributed by atoms with E-state index in [1.165, 1.54) is 18.2 Å². The molecule has 1 aliphatic heterocycles. The Bertz CT molecular complexity index is 1140. The smallest absolute Gasteiger partial charge is 0.276 e. The predicted octanol–water partition coefficient (Wildman–Crippen LogP) is 3.20. The first-order chi connectivity index (χ1) is 13.5. The molecule has 1 saturated heterocycles. The Hall–Kier alpha value is -2.42. The first kappa shape index (κ1) is 18.9. The Morgan fingerprint density at radius 2 is 1.93 bits per heavy atom. The molecule has 7 nitrogen and oxygen atoms in total. The van der Waals surface area contributed by atoms with Crippen molar-refractivity contribution >= 4 is 38.5 Å². The number of hydrogen-bond acceptors (Lipinski definition) is 5. The topological polar surface area (TPSA) is 92.5 Å². The Morgan fingerprint density at radius 1 is 1.18 bits per heavy atom. The van der Waals surface area contributed by atoms with Crippen LogP contribution in [0.4, 0.5) is 0 Å². The minimum absolute atomic E-state index is 0.0331. The van der Waals surface area contributed by atoms with Crippen molar-refractivity contribution in [1.29, 1.82) is 0 Å². The van der Waals surface area contributed by atoms with E-state index in [1.807, 2.05) is 0 Å². The van der Waals surface area contributed by atoms with E-state index in [0.717, 1.165) is 12.8 Å². The minimum atomic E-state index is -3.81. The van der Waals surface area contributed by atoms with E-state index in [9.17, 15) is 13.2 Å². The van der Waals surface area contributed by atoms with E-state index >= 15 is 0 Å². The number of nitrogens with one attached hydrogen (secondary N) is 1. The van der Waals surface area contributed by atoms with Gasteiger partial charge in [0, 0.05) is 24.7 Å². The maximum absolute atomic E-state index is 12.7. The van der Waals surface area contributed by atoms with Crippen LogP contribution in [-0.2, 0) is 16.6 Å². The van der Waals surface area contributed by atoms with E-state index in [2.05, 4.69) is 9.88 Å². The molecule has 1 N–H and O–H groups in total. The zero-order valence-corrected chi connectivity index (χ0v) is 16.5. The second kappa shape index (κ2) is 7.54. The van der Waals surface area contributed by atoms with Crippen LogP contribution >= 0.6 is 11.6 Å². The number of halogens is 1. The van der Waals surface area contributed by atoms with Crippen LogP contribution in [0.2, 0.25) is 5.02 Å². The maximum Gasteiger partial charge on any atom is 0.276 e. The third-order valence-corrected chi connectivity index (χ3v) is 6.53. The van der Waals surface area contributed by atoms with E-state index in [1.54, 1.807) is 29.2 Å². The zero-order chi connectivity index (χ0) is 19.7. The maximum atomic E-state index is 12.7. The number of aromatic nitrogens is 1. The normalized spacial score (nSPS) is 14.7. The van der Waals surface area contributed by atoms with Crippen molar-refractivity contribution in [1.82, 2.24) is 14.8 Å². The number of hydrogen-bond donors (Lipinski definition) is 1. The third kappa shape index (κ3) is 3.63. The van der Waals surface area contributed by atoms with Crippen molar-refractivity contribution in [3.63, 3.8) is 0 Å². The number of fused-ring (bicyclic) bond motifs is 1. The van der Waals surface area contributed by atoms with Crippen LogP contribution in [0.15, 0.2) is 51.9 Å². The van der Waals surface area contributed by atoms with Crippen LogP contribution in [0.25, 0.3) is 11.0 Å². The number of carbonyl (C=O) groups is 1. The largest absolute Gasteiger partial charge is 0.355 e. The zero-order valence-electron chi connectivity index (χ0n) is 14.9. The lowest BCUT2D eigenvalue weighted by Crippen LogP contribution is -2.28. The first-order valence-corrected chi connectivity index (χ1v) is 10.7. The molecule has 1 fully saturated rings. The highest BCUT2D eigenvalue weighted by molar-refractivity contribution is 7.89. The van der Waals surface area contributed by atoms with Crippen LogP contribution in [-0.4, -0.2) is 37.5 Å². The fraction of sp³-hybridized carbons (Fsp3) is 0.263. The van der Waals surface area contributed by atoms with Crippen LogP contribution in [0.3, 0.4) is 0 Å². The molecule has 9 heteroatoms. The Balaban J connectivity index is 1.62. The van der Waals surface area contributed by atoms with Gasteiger partial charge in [-0.1, -0.05) is 35.0 Å². The molecule has 0 radical (unpaired) electrons. The molecule has 0 saturated carbocycles. The summed E-state index contributed by atoms with van der Waals surface area (Å²) in [5.41, 5.74) is 1.18. The fourth-order valence-electron chi connectivity index (χ4n) is 3.21. The molecule has 3 aromatic rings. The Morgan fingerprint density at radius 3 is 2.68 bits per heavy atom.